The van der Waals surface area contributed by atoms with Gasteiger partial charge in [-0.3, -0.25) is 15.0 Å². The molecule has 7 N–H and O–H groups in total. The van der Waals surface area contributed by atoms with Crippen LogP contribution < -0.4 is 22.1 Å². The van der Waals surface area contributed by atoms with Gasteiger partial charge in [0.05, 0.1) is 11.1 Å². The fourth-order valence-corrected chi connectivity index (χ4v) is 5.88. The molecular formula is C33H38N6O4. The van der Waals surface area contributed by atoms with E-state index in [1.807, 2.05) is 63.2 Å². The molecule has 0 unspecified atom stereocenters. The third-order valence-electron chi connectivity index (χ3n) is 7.83. The number of nitrogens with two attached hydrogens (primary N) is 2. The lowest BCUT2D eigenvalue weighted by Crippen LogP contribution is -2.45. The number of carbonyl (C=O) groups excluding carboxylic acids is 3. The summed E-state index contributed by atoms with van der Waals surface area (Å²) in [6.07, 6.45) is 2.20. The highest BCUT2D eigenvalue weighted by Crippen LogP contribution is 2.31. The van der Waals surface area contributed by atoms with Crippen LogP contribution in [-0.2, 0) is 11.3 Å². The summed E-state index contributed by atoms with van der Waals surface area (Å²) in [5.74, 6) is -1.24. The molecule has 1 aliphatic carbocycles. The Labute approximate surface area is 250 Å². The van der Waals surface area contributed by atoms with E-state index in [0.29, 0.717) is 48.7 Å². The number of nitrogen functional groups attached to an aromatic ring is 1. The lowest BCUT2D eigenvalue weighted by Gasteiger charge is -2.30. The Morgan fingerprint density at radius 2 is 1.56 bits per heavy atom. The maximum Gasteiger partial charge on any atom is 0.407 e. The highest BCUT2D eigenvalue weighted by atomic mass is 16.6. The summed E-state index contributed by atoms with van der Waals surface area (Å²) in [6, 6.07) is 18.8. The number of carbonyl (C=O) groups is 3. The lowest BCUT2D eigenvalue weighted by molar-refractivity contribution is 0.0487. The van der Waals surface area contributed by atoms with E-state index in [1.54, 1.807) is 22.8 Å². The molecule has 3 amide bonds. The molecule has 224 valence electrons. The van der Waals surface area contributed by atoms with Gasteiger partial charge in [0.2, 0.25) is 0 Å². The highest BCUT2D eigenvalue weighted by Gasteiger charge is 2.30. The molecule has 1 fully saturated rings. The van der Waals surface area contributed by atoms with Crippen LogP contribution in [0.25, 0.3) is 21.7 Å². The van der Waals surface area contributed by atoms with Crippen molar-refractivity contribution < 1.29 is 19.1 Å². The van der Waals surface area contributed by atoms with Gasteiger partial charge < -0.3 is 31.4 Å². The van der Waals surface area contributed by atoms with Gasteiger partial charge in [0.15, 0.2) is 0 Å². The van der Waals surface area contributed by atoms with Crippen LogP contribution in [0.15, 0.2) is 60.7 Å². The van der Waals surface area contributed by atoms with Crippen LogP contribution in [0.2, 0.25) is 0 Å². The first-order valence-corrected chi connectivity index (χ1v) is 14.5. The number of nitrogens with one attached hydrogen (secondary N) is 3. The minimum absolute atomic E-state index is 0.0491. The summed E-state index contributed by atoms with van der Waals surface area (Å²) in [4.78, 5) is 39.1. The zero-order chi connectivity index (χ0) is 30.9. The van der Waals surface area contributed by atoms with Gasteiger partial charge in [-0.25, -0.2) is 4.79 Å². The molecule has 0 aliphatic heterocycles. The van der Waals surface area contributed by atoms with Crippen molar-refractivity contribution in [3.05, 3.63) is 83.0 Å². The fraction of sp³-hybridized carbons (Fsp3) is 0.333. The minimum Gasteiger partial charge on any atom is -0.444 e. The van der Waals surface area contributed by atoms with Crippen molar-refractivity contribution in [3.63, 3.8) is 0 Å². The topological polar surface area (TPSA) is 165 Å². The van der Waals surface area contributed by atoms with E-state index >= 15 is 0 Å². The van der Waals surface area contributed by atoms with Crippen molar-refractivity contribution >= 4 is 45.4 Å². The average Bonchev–Trinajstić information content (AvgIpc) is 3.27. The Morgan fingerprint density at radius 3 is 2.21 bits per heavy atom. The number of aromatic nitrogens is 1. The number of hydrogen-bond donors (Lipinski definition) is 5. The molecule has 4 aromatic rings. The summed E-state index contributed by atoms with van der Waals surface area (Å²) < 4.78 is 7.18. The maximum atomic E-state index is 14.0. The van der Waals surface area contributed by atoms with Crippen LogP contribution in [0.1, 0.15) is 78.4 Å². The third-order valence-corrected chi connectivity index (χ3v) is 7.83. The smallest absolute Gasteiger partial charge is 0.407 e. The van der Waals surface area contributed by atoms with Gasteiger partial charge in [-0.2, -0.15) is 0 Å². The Hall–Kier alpha value is -4.86. The van der Waals surface area contributed by atoms with Crippen molar-refractivity contribution in [2.24, 2.45) is 11.5 Å². The molecule has 1 aliphatic rings. The number of amides is 3. The Kier molecular flexibility index (Phi) is 8.12. The van der Waals surface area contributed by atoms with E-state index in [-0.39, 0.29) is 29.2 Å². The molecule has 1 saturated carbocycles. The zero-order valence-corrected chi connectivity index (χ0v) is 24.7. The molecule has 10 nitrogen and oxygen atoms in total. The van der Waals surface area contributed by atoms with Gasteiger partial charge >= 0.3 is 6.09 Å². The van der Waals surface area contributed by atoms with Crippen molar-refractivity contribution in [3.8, 4) is 0 Å². The number of ether oxygens (including phenoxy) is 1. The molecule has 0 bridgehead atoms. The Bertz CT molecular complexity index is 1720. The average molecular weight is 583 g/mol. The number of hydrogen-bond acceptors (Lipinski definition) is 5. The number of rotatable bonds is 7. The number of primary amides is 1. The molecule has 0 atom stereocenters. The van der Waals surface area contributed by atoms with Gasteiger partial charge in [0.25, 0.3) is 11.8 Å². The van der Waals surface area contributed by atoms with E-state index in [4.69, 9.17) is 21.6 Å². The molecule has 1 aromatic heterocycles. The van der Waals surface area contributed by atoms with Crippen LogP contribution in [0.3, 0.4) is 0 Å². The number of nitrogens with zero attached hydrogens (tertiary/aromatic N) is 1. The monoisotopic (exact) mass is 582 g/mol. The molecule has 3 aromatic carbocycles. The molecule has 0 saturated heterocycles. The maximum absolute atomic E-state index is 14.0. The number of benzene rings is 3. The van der Waals surface area contributed by atoms with E-state index in [9.17, 15) is 14.4 Å². The van der Waals surface area contributed by atoms with E-state index in [2.05, 4.69) is 10.6 Å². The van der Waals surface area contributed by atoms with Crippen LogP contribution >= 0.6 is 0 Å². The van der Waals surface area contributed by atoms with Gasteiger partial charge in [0, 0.05) is 29.6 Å². The SMILES string of the molecule is CC(C)(C)OC(=O)NC1CCC(NC(=O)c2c(C(N)=O)c3ccc(C(=N)N)cc3n2Cc2cccc3ccccc23)CC1. The van der Waals surface area contributed by atoms with E-state index in [1.165, 1.54) is 0 Å². The van der Waals surface area contributed by atoms with Crippen molar-refractivity contribution in [2.45, 2.75) is 70.7 Å². The normalized spacial score (nSPS) is 17.0. The van der Waals surface area contributed by atoms with Crippen molar-refractivity contribution in [2.75, 3.05) is 0 Å². The fourth-order valence-electron chi connectivity index (χ4n) is 5.88. The van der Waals surface area contributed by atoms with Crippen LogP contribution in [-0.4, -0.2) is 46.0 Å². The summed E-state index contributed by atoms with van der Waals surface area (Å²) >= 11 is 0. The second kappa shape index (κ2) is 11.8. The predicted octanol–water partition coefficient (Wildman–Crippen LogP) is 4.79. The third kappa shape index (κ3) is 6.48. The van der Waals surface area contributed by atoms with Crippen LogP contribution in [0.5, 0.6) is 0 Å². The Balaban J connectivity index is 1.47. The second-order valence-electron chi connectivity index (χ2n) is 12.1. The number of amidine groups is 1. The van der Waals surface area contributed by atoms with Gasteiger partial charge in [-0.1, -0.05) is 54.6 Å². The number of fused-ring (bicyclic) bond motifs is 2. The summed E-state index contributed by atoms with van der Waals surface area (Å²) in [5, 5.41) is 16.6. The quantitative estimate of drug-likeness (QED) is 0.156. The molecule has 10 heteroatoms. The molecule has 1 heterocycles. The van der Waals surface area contributed by atoms with Crippen LogP contribution in [0, 0.1) is 5.41 Å². The van der Waals surface area contributed by atoms with E-state index in [0.717, 1.165) is 16.3 Å². The molecule has 0 spiro atoms. The van der Waals surface area contributed by atoms with E-state index < -0.39 is 23.5 Å². The molecule has 5 rings (SSSR count). The summed E-state index contributed by atoms with van der Waals surface area (Å²) in [6.45, 7) is 5.75. The first-order chi connectivity index (χ1) is 20.4. The highest BCUT2D eigenvalue weighted by molar-refractivity contribution is 6.16. The van der Waals surface area contributed by atoms with Gasteiger partial charge in [-0.15, -0.1) is 0 Å². The Morgan fingerprint density at radius 1 is 0.907 bits per heavy atom. The molecule has 43 heavy (non-hydrogen) atoms. The zero-order valence-electron chi connectivity index (χ0n) is 24.7. The van der Waals surface area contributed by atoms with Gasteiger partial charge in [-0.05, 0) is 68.9 Å². The van der Waals surface area contributed by atoms with Crippen molar-refractivity contribution in [1.29, 1.82) is 5.41 Å². The standard InChI is InChI=1S/C33H38N6O4/c1-33(2,3)43-32(42)38-23-14-12-22(13-15-23)37-31(41)28-27(30(36)40)25-16-11-20(29(34)35)17-26(25)39(28)18-21-9-6-8-19-7-4-5-10-24(19)21/h4-11,16-17,22-23H,12-15,18H2,1-3H3,(H3,34,35)(H2,36,40)(H,37,41)(H,38,42). The largest absolute Gasteiger partial charge is 0.444 e. The first-order valence-electron chi connectivity index (χ1n) is 14.5. The van der Waals surface area contributed by atoms with Crippen LogP contribution in [0.4, 0.5) is 4.79 Å². The molecular weight excluding hydrogens is 544 g/mol. The van der Waals surface area contributed by atoms with Crippen molar-refractivity contribution in [1.82, 2.24) is 15.2 Å². The molecule has 0 radical (unpaired) electrons. The minimum atomic E-state index is -0.715. The number of alkyl carbamates (subject to hydrolysis) is 1. The lowest BCUT2D eigenvalue weighted by atomic mass is 9.91. The second-order valence-corrected chi connectivity index (χ2v) is 12.1. The van der Waals surface area contributed by atoms with Gasteiger partial charge in [0.1, 0.15) is 17.1 Å². The first kappa shape index (κ1) is 29.6. The predicted molar refractivity (Wildman–Crippen MR) is 167 cm³/mol. The summed E-state index contributed by atoms with van der Waals surface area (Å²) in [5.41, 5.74) is 13.5. The summed E-state index contributed by atoms with van der Waals surface area (Å²) in [7, 11) is 0.